The fraction of sp³-hybridized carbons (Fsp3) is 0.333. The van der Waals surface area contributed by atoms with Crippen molar-refractivity contribution in [3.8, 4) is 0 Å². The van der Waals surface area contributed by atoms with Gasteiger partial charge < -0.3 is 30.9 Å². The van der Waals surface area contributed by atoms with Crippen molar-refractivity contribution >= 4 is 35.2 Å². The van der Waals surface area contributed by atoms with Crippen LogP contribution in [0.5, 0.6) is 0 Å². The van der Waals surface area contributed by atoms with Crippen LogP contribution in [0.2, 0.25) is 0 Å². The van der Waals surface area contributed by atoms with Crippen molar-refractivity contribution in [1.29, 1.82) is 0 Å². The van der Waals surface area contributed by atoms with Crippen LogP contribution in [0, 0.1) is 6.92 Å². The molecule has 3 aromatic rings. The quantitative estimate of drug-likeness (QED) is 0.270. The Morgan fingerprint density at radius 2 is 1.63 bits per heavy atom. The molecule has 0 bridgehead atoms. The monoisotopic (exact) mass is 585 g/mol. The first kappa shape index (κ1) is 31.1. The van der Waals surface area contributed by atoms with Crippen molar-refractivity contribution in [3.63, 3.8) is 0 Å². The summed E-state index contributed by atoms with van der Waals surface area (Å²) >= 11 is 0. The van der Waals surface area contributed by atoms with Crippen molar-refractivity contribution in [2.24, 2.45) is 0 Å². The summed E-state index contributed by atoms with van der Waals surface area (Å²) in [6.07, 6.45) is 1.23. The standard InChI is InChI=1S/C33H39N5O5/c1-3-16-34-33(43)36-28-21-26(31(41)35-27(22-30(39)40)24-12-10-23(2)11-13-24)14-15-29(28)37-17-7-18-38(20-19-37)32(42)25-8-5-4-6-9-25/h4-6,8-15,21,27H,3,7,16-20,22H2,1-2H3,(H,35,41)(H,39,40)(H2,34,36,43). The largest absolute Gasteiger partial charge is 0.481 e. The van der Waals surface area contributed by atoms with Crippen LogP contribution in [0.4, 0.5) is 16.2 Å². The minimum Gasteiger partial charge on any atom is -0.481 e. The van der Waals surface area contributed by atoms with Gasteiger partial charge >= 0.3 is 12.0 Å². The van der Waals surface area contributed by atoms with E-state index in [1.165, 1.54) is 0 Å². The van der Waals surface area contributed by atoms with Gasteiger partial charge in [0.15, 0.2) is 0 Å². The number of rotatable bonds is 10. The van der Waals surface area contributed by atoms with Gasteiger partial charge in [0.25, 0.3) is 11.8 Å². The second kappa shape index (κ2) is 14.9. The Labute approximate surface area is 252 Å². The number of carboxylic acid groups (broad SMARTS) is 1. The second-order valence-corrected chi connectivity index (χ2v) is 10.6. The summed E-state index contributed by atoms with van der Waals surface area (Å²) in [4.78, 5) is 54.7. The normalized spacial score (nSPS) is 13.9. The number of aliphatic carboxylic acids is 1. The van der Waals surface area contributed by atoms with Crippen LogP contribution in [-0.4, -0.2) is 66.5 Å². The number of hydrogen-bond donors (Lipinski definition) is 4. The molecule has 4 rings (SSSR count). The van der Waals surface area contributed by atoms with Crippen LogP contribution in [0.15, 0.2) is 72.8 Å². The molecule has 1 aliphatic heterocycles. The van der Waals surface area contributed by atoms with Crippen molar-refractivity contribution in [2.75, 3.05) is 42.9 Å². The fourth-order valence-electron chi connectivity index (χ4n) is 5.05. The van der Waals surface area contributed by atoms with Crippen LogP contribution < -0.4 is 20.9 Å². The molecule has 10 heteroatoms. The number of hydrogen-bond acceptors (Lipinski definition) is 5. The molecule has 1 heterocycles. The topological polar surface area (TPSA) is 131 Å². The minimum atomic E-state index is -1.03. The fourth-order valence-corrected chi connectivity index (χ4v) is 5.05. The van der Waals surface area contributed by atoms with E-state index >= 15 is 0 Å². The maximum absolute atomic E-state index is 13.4. The van der Waals surface area contributed by atoms with Gasteiger partial charge in [0.05, 0.1) is 23.8 Å². The first-order valence-electron chi connectivity index (χ1n) is 14.6. The number of carbonyl (C=O) groups is 4. The molecule has 0 aromatic heterocycles. The number of benzene rings is 3. The Morgan fingerprint density at radius 1 is 0.884 bits per heavy atom. The molecule has 1 saturated heterocycles. The lowest BCUT2D eigenvalue weighted by molar-refractivity contribution is -0.137. The van der Waals surface area contributed by atoms with Crippen molar-refractivity contribution in [1.82, 2.24) is 15.5 Å². The summed E-state index contributed by atoms with van der Waals surface area (Å²) in [6, 6.07) is 20.5. The van der Waals surface area contributed by atoms with E-state index in [-0.39, 0.29) is 23.9 Å². The highest BCUT2D eigenvalue weighted by Gasteiger charge is 2.24. The van der Waals surface area contributed by atoms with Gasteiger partial charge in [0, 0.05) is 43.9 Å². The number of amides is 4. The molecule has 0 aliphatic carbocycles. The molecule has 1 fully saturated rings. The van der Waals surface area contributed by atoms with Gasteiger partial charge in [-0.2, -0.15) is 0 Å². The summed E-state index contributed by atoms with van der Waals surface area (Å²) < 4.78 is 0. The Morgan fingerprint density at radius 3 is 2.33 bits per heavy atom. The van der Waals surface area contributed by atoms with Gasteiger partial charge in [-0.15, -0.1) is 0 Å². The highest BCUT2D eigenvalue weighted by Crippen LogP contribution is 2.29. The summed E-state index contributed by atoms with van der Waals surface area (Å²) in [6.45, 7) is 6.70. The molecule has 0 saturated carbocycles. The average Bonchev–Trinajstić information content (AvgIpc) is 3.26. The molecule has 3 aromatic carbocycles. The van der Waals surface area contributed by atoms with Crippen LogP contribution in [-0.2, 0) is 4.79 Å². The van der Waals surface area contributed by atoms with Crippen LogP contribution >= 0.6 is 0 Å². The Bertz CT molecular complexity index is 1430. The first-order chi connectivity index (χ1) is 20.7. The van der Waals surface area contributed by atoms with E-state index < -0.39 is 17.9 Å². The van der Waals surface area contributed by atoms with E-state index in [0.717, 1.165) is 24.1 Å². The molecule has 4 amide bonds. The Balaban J connectivity index is 1.56. The smallest absolute Gasteiger partial charge is 0.319 e. The SMILES string of the molecule is CCCNC(=O)Nc1cc(C(=O)NC(CC(=O)O)c2ccc(C)cc2)ccc1N1CCCN(C(=O)c2ccccc2)CC1. The van der Waals surface area contributed by atoms with E-state index in [4.69, 9.17) is 0 Å². The van der Waals surface area contributed by atoms with E-state index in [1.807, 2.05) is 73.3 Å². The number of urea groups is 1. The van der Waals surface area contributed by atoms with Crippen LogP contribution in [0.3, 0.4) is 0 Å². The third-order valence-corrected chi connectivity index (χ3v) is 7.35. The zero-order chi connectivity index (χ0) is 30.8. The number of nitrogens with one attached hydrogen (secondary N) is 3. The highest BCUT2D eigenvalue weighted by molar-refractivity contribution is 6.00. The summed E-state index contributed by atoms with van der Waals surface area (Å²) in [5.74, 6) is -1.50. The molecule has 226 valence electrons. The molecule has 1 atom stereocenters. The van der Waals surface area contributed by atoms with E-state index in [0.29, 0.717) is 49.5 Å². The molecular weight excluding hydrogens is 546 g/mol. The lowest BCUT2D eigenvalue weighted by Gasteiger charge is -2.27. The summed E-state index contributed by atoms with van der Waals surface area (Å²) in [5, 5.41) is 18.0. The van der Waals surface area contributed by atoms with Crippen LogP contribution in [0.25, 0.3) is 0 Å². The first-order valence-corrected chi connectivity index (χ1v) is 14.6. The molecule has 1 aliphatic rings. The van der Waals surface area contributed by atoms with Gasteiger partial charge in [-0.1, -0.05) is 55.0 Å². The Kier molecular flexibility index (Phi) is 10.7. The zero-order valence-corrected chi connectivity index (χ0v) is 24.6. The molecular formula is C33H39N5O5. The van der Waals surface area contributed by atoms with E-state index in [1.54, 1.807) is 18.2 Å². The number of anilines is 2. The third kappa shape index (κ3) is 8.57. The van der Waals surface area contributed by atoms with Gasteiger partial charge in [0.1, 0.15) is 0 Å². The summed E-state index contributed by atoms with van der Waals surface area (Å²) in [5.41, 5.74) is 3.83. The molecule has 43 heavy (non-hydrogen) atoms. The lowest BCUT2D eigenvalue weighted by Crippen LogP contribution is -2.36. The number of aryl methyl sites for hydroxylation is 1. The number of carbonyl (C=O) groups excluding carboxylic acids is 3. The minimum absolute atomic E-state index is 0.0174. The van der Waals surface area contributed by atoms with Crippen molar-refractivity contribution in [3.05, 3.63) is 95.1 Å². The number of nitrogens with zero attached hydrogens (tertiary/aromatic N) is 2. The molecule has 0 spiro atoms. The maximum Gasteiger partial charge on any atom is 0.319 e. The van der Waals surface area contributed by atoms with E-state index in [2.05, 4.69) is 20.9 Å². The molecule has 10 nitrogen and oxygen atoms in total. The molecule has 4 N–H and O–H groups in total. The average molecular weight is 586 g/mol. The van der Waals surface area contributed by atoms with E-state index in [9.17, 15) is 24.3 Å². The lowest BCUT2D eigenvalue weighted by atomic mass is 10.0. The maximum atomic E-state index is 13.4. The third-order valence-electron chi connectivity index (χ3n) is 7.35. The Hall–Kier alpha value is -4.86. The van der Waals surface area contributed by atoms with Gasteiger partial charge in [0.2, 0.25) is 0 Å². The van der Waals surface area contributed by atoms with Crippen molar-refractivity contribution < 1.29 is 24.3 Å². The number of carboxylic acids is 1. The predicted molar refractivity (Wildman–Crippen MR) is 167 cm³/mol. The van der Waals surface area contributed by atoms with Gasteiger partial charge in [-0.05, 0) is 55.7 Å². The van der Waals surface area contributed by atoms with Crippen molar-refractivity contribution in [2.45, 2.75) is 39.2 Å². The van der Waals surface area contributed by atoms with Gasteiger partial charge in [-0.25, -0.2) is 4.79 Å². The second-order valence-electron chi connectivity index (χ2n) is 10.6. The zero-order valence-electron chi connectivity index (χ0n) is 24.6. The van der Waals surface area contributed by atoms with Crippen LogP contribution in [0.1, 0.15) is 64.1 Å². The highest BCUT2D eigenvalue weighted by atomic mass is 16.4. The predicted octanol–water partition coefficient (Wildman–Crippen LogP) is 4.82. The van der Waals surface area contributed by atoms with Gasteiger partial charge in [-0.3, -0.25) is 14.4 Å². The molecule has 1 unspecified atom stereocenters. The summed E-state index contributed by atoms with van der Waals surface area (Å²) in [7, 11) is 0. The molecule has 0 radical (unpaired) electrons.